The molecule has 0 unspecified atom stereocenters. The fraction of sp³-hybridized carbons (Fsp3) is 0.417. The van der Waals surface area contributed by atoms with Crippen LogP contribution >= 0.6 is 0 Å². The minimum atomic E-state index is -0.695. The zero-order valence-electron chi connectivity index (χ0n) is 9.52. The first kappa shape index (κ1) is 12.1. The average molecular weight is 252 g/mol. The summed E-state index contributed by atoms with van der Waals surface area (Å²) in [5, 5.41) is 2.95. The molecule has 0 aliphatic carbocycles. The molecule has 2 rings (SSSR count). The maximum atomic E-state index is 11.9. The van der Waals surface area contributed by atoms with Gasteiger partial charge in [0.2, 0.25) is 0 Å². The van der Waals surface area contributed by atoms with Gasteiger partial charge in [-0.05, 0) is 31.0 Å². The number of rotatable bonds is 2. The van der Waals surface area contributed by atoms with Gasteiger partial charge in [-0.15, -0.1) is 0 Å². The monoisotopic (exact) mass is 252 g/mol. The van der Waals surface area contributed by atoms with E-state index in [0.29, 0.717) is 22.8 Å². The minimum Gasteiger partial charge on any atom is -0.399 e. The van der Waals surface area contributed by atoms with Crippen molar-refractivity contribution in [2.45, 2.75) is 18.9 Å². The normalized spacial score (nSPS) is 24.2. The highest BCUT2D eigenvalue weighted by molar-refractivity contribution is 7.85. The van der Waals surface area contributed by atoms with E-state index < -0.39 is 10.8 Å². The van der Waals surface area contributed by atoms with E-state index in [0.717, 1.165) is 12.8 Å². The van der Waals surface area contributed by atoms with E-state index >= 15 is 0 Å². The molecule has 0 aromatic heterocycles. The standard InChI is InChI=1S/C12H16N2O2S/c13-10-3-1-2-9(8-10)12(15)14-11-4-6-17(16)7-5-11/h1-3,8,11H,4-7,13H2,(H,14,15). The summed E-state index contributed by atoms with van der Waals surface area (Å²) in [7, 11) is -0.695. The second kappa shape index (κ2) is 5.31. The molecule has 17 heavy (non-hydrogen) atoms. The minimum absolute atomic E-state index is 0.102. The Bertz CT molecular complexity index is 438. The third kappa shape index (κ3) is 3.30. The van der Waals surface area contributed by atoms with Crippen molar-refractivity contribution in [1.29, 1.82) is 0 Å². The van der Waals surface area contributed by atoms with Crippen molar-refractivity contribution < 1.29 is 9.00 Å². The van der Waals surface area contributed by atoms with Crippen LogP contribution in [0.2, 0.25) is 0 Å². The summed E-state index contributed by atoms with van der Waals surface area (Å²) in [6.07, 6.45) is 1.58. The zero-order chi connectivity index (χ0) is 12.3. The molecule has 4 nitrogen and oxygen atoms in total. The molecule has 1 fully saturated rings. The van der Waals surface area contributed by atoms with Crippen molar-refractivity contribution in [3.05, 3.63) is 29.8 Å². The van der Waals surface area contributed by atoms with Crippen LogP contribution in [-0.2, 0) is 10.8 Å². The van der Waals surface area contributed by atoms with E-state index in [2.05, 4.69) is 5.32 Å². The van der Waals surface area contributed by atoms with E-state index in [4.69, 9.17) is 5.73 Å². The summed E-state index contributed by atoms with van der Waals surface area (Å²) in [5.74, 6) is 1.26. The first-order valence-corrected chi connectivity index (χ1v) is 7.15. The molecule has 1 heterocycles. The summed E-state index contributed by atoms with van der Waals surface area (Å²) in [6.45, 7) is 0. The van der Waals surface area contributed by atoms with E-state index in [9.17, 15) is 9.00 Å². The topological polar surface area (TPSA) is 72.2 Å². The quantitative estimate of drug-likeness (QED) is 0.768. The molecule has 1 aromatic carbocycles. The van der Waals surface area contributed by atoms with Crippen molar-refractivity contribution in [2.24, 2.45) is 0 Å². The fourth-order valence-corrected chi connectivity index (χ4v) is 3.19. The molecule has 1 aliphatic rings. The van der Waals surface area contributed by atoms with Crippen molar-refractivity contribution in [2.75, 3.05) is 17.2 Å². The van der Waals surface area contributed by atoms with E-state index in [1.165, 1.54) is 0 Å². The molecule has 1 amide bonds. The SMILES string of the molecule is Nc1cccc(C(=O)NC2CCS(=O)CC2)c1. The van der Waals surface area contributed by atoms with Crippen LogP contribution in [0.15, 0.2) is 24.3 Å². The van der Waals surface area contributed by atoms with Crippen LogP contribution in [0.4, 0.5) is 5.69 Å². The summed E-state index contributed by atoms with van der Waals surface area (Å²) in [6, 6.07) is 7.06. The Morgan fingerprint density at radius 2 is 2.06 bits per heavy atom. The second-order valence-electron chi connectivity index (χ2n) is 4.22. The Labute approximate surface area is 103 Å². The smallest absolute Gasteiger partial charge is 0.251 e. The van der Waals surface area contributed by atoms with Crippen molar-refractivity contribution in [1.82, 2.24) is 5.32 Å². The molecular weight excluding hydrogens is 236 g/mol. The zero-order valence-corrected chi connectivity index (χ0v) is 10.3. The van der Waals surface area contributed by atoms with Crippen LogP contribution < -0.4 is 11.1 Å². The van der Waals surface area contributed by atoms with Gasteiger partial charge in [0.15, 0.2) is 0 Å². The number of nitrogen functional groups attached to an aromatic ring is 1. The number of carbonyl (C=O) groups excluding carboxylic acids is 1. The Morgan fingerprint density at radius 3 is 2.71 bits per heavy atom. The number of hydrogen-bond acceptors (Lipinski definition) is 3. The average Bonchev–Trinajstić information content (AvgIpc) is 2.32. The van der Waals surface area contributed by atoms with Crippen LogP contribution in [0.1, 0.15) is 23.2 Å². The lowest BCUT2D eigenvalue weighted by Gasteiger charge is -2.22. The molecule has 92 valence electrons. The van der Waals surface area contributed by atoms with Crippen molar-refractivity contribution in [3.63, 3.8) is 0 Å². The number of anilines is 1. The van der Waals surface area contributed by atoms with Gasteiger partial charge in [-0.25, -0.2) is 0 Å². The van der Waals surface area contributed by atoms with Gasteiger partial charge in [-0.3, -0.25) is 9.00 Å². The Balaban J connectivity index is 1.95. The summed E-state index contributed by atoms with van der Waals surface area (Å²) < 4.78 is 11.2. The molecule has 0 bridgehead atoms. The number of carbonyl (C=O) groups is 1. The molecule has 0 spiro atoms. The number of nitrogens with two attached hydrogens (primary N) is 1. The molecule has 5 heteroatoms. The fourth-order valence-electron chi connectivity index (χ4n) is 1.89. The lowest BCUT2D eigenvalue weighted by molar-refractivity contribution is 0.0934. The third-order valence-corrected chi connectivity index (χ3v) is 4.25. The van der Waals surface area contributed by atoms with E-state index in [1.54, 1.807) is 24.3 Å². The number of amides is 1. The third-order valence-electron chi connectivity index (χ3n) is 2.87. The van der Waals surface area contributed by atoms with Gasteiger partial charge in [-0.2, -0.15) is 0 Å². The Morgan fingerprint density at radius 1 is 1.35 bits per heavy atom. The molecular formula is C12H16N2O2S. The van der Waals surface area contributed by atoms with E-state index in [-0.39, 0.29) is 11.9 Å². The highest BCUT2D eigenvalue weighted by Crippen LogP contribution is 2.11. The van der Waals surface area contributed by atoms with Gasteiger partial charge >= 0.3 is 0 Å². The maximum absolute atomic E-state index is 11.9. The molecule has 0 radical (unpaired) electrons. The van der Waals surface area contributed by atoms with Crippen molar-refractivity contribution >= 4 is 22.4 Å². The van der Waals surface area contributed by atoms with Crippen LogP contribution in [0.3, 0.4) is 0 Å². The van der Waals surface area contributed by atoms with Gasteiger partial charge in [0.05, 0.1) is 0 Å². The van der Waals surface area contributed by atoms with Crippen LogP contribution in [0, 0.1) is 0 Å². The number of nitrogens with one attached hydrogen (secondary N) is 1. The second-order valence-corrected chi connectivity index (χ2v) is 5.92. The number of hydrogen-bond donors (Lipinski definition) is 2. The van der Waals surface area contributed by atoms with Gasteiger partial charge in [0, 0.05) is 39.6 Å². The predicted octanol–water partition coefficient (Wildman–Crippen LogP) is 0.910. The highest BCUT2D eigenvalue weighted by atomic mass is 32.2. The molecule has 0 saturated carbocycles. The largest absolute Gasteiger partial charge is 0.399 e. The predicted molar refractivity (Wildman–Crippen MR) is 69.2 cm³/mol. The Kier molecular flexibility index (Phi) is 3.78. The first-order valence-electron chi connectivity index (χ1n) is 5.66. The molecule has 0 atom stereocenters. The van der Waals surface area contributed by atoms with Crippen molar-refractivity contribution in [3.8, 4) is 0 Å². The molecule has 1 saturated heterocycles. The van der Waals surface area contributed by atoms with Crippen LogP contribution in [0.5, 0.6) is 0 Å². The van der Waals surface area contributed by atoms with Gasteiger partial charge in [-0.1, -0.05) is 6.07 Å². The summed E-state index contributed by atoms with van der Waals surface area (Å²) in [4.78, 5) is 11.9. The van der Waals surface area contributed by atoms with Gasteiger partial charge in [0.25, 0.3) is 5.91 Å². The lowest BCUT2D eigenvalue weighted by atomic mass is 10.1. The molecule has 1 aromatic rings. The highest BCUT2D eigenvalue weighted by Gasteiger charge is 2.19. The summed E-state index contributed by atoms with van der Waals surface area (Å²) in [5.41, 5.74) is 6.79. The Hall–Kier alpha value is -1.36. The first-order chi connectivity index (χ1) is 8.15. The van der Waals surface area contributed by atoms with Crippen LogP contribution in [-0.4, -0.2) is 27.7 Å². The molecule has 1 aliphatic heterocycles. The lowest BCUT2D eigenvalue weighted by Crippen LogP contribution is -2.39. The van der Waals surface area contributed by atoms with Gasteiger partial charge in [0.1, 0.15) is 0 Å². The summed E-state index contributed by atoms with van der Waals surface area (Å²) >= 11 is 0. The van der Waals surface area contributed by atoms with Gasteiger partial charge < -0.3 is 11.1 Å². The van der Waals surface area contributed by atoms with Crippen LogP contribution in [0.25, 0.3) is 0 Å². The maximum Gasteiger partial charge on any atom is 0.251 e. The number of benzene rings is 1. The van der Waals surface area contributed by atoms with E-state index in [1.807, 2.05) is 0 Å². The molecule has 3 N–H and O–H groups in total.